The molecule has 0 fully saturated rings. The Hall–Kier alpha value is -3.92. The van der Waals surface area contributed by atoms with Crippen LogP contribution in [0.1, 0.15) is 55.5 Å². The molecular weight excluding hydrogens is 469 g/mol. The van der Waals surface area contributed by atoms with Crippen molar-refractivity contribution in [2.24, 2.45) is 4.99 Å². The largest absolute Gasteiger partial charge is 0.384 e. The quantitative estimate of drug-likeness (QED) is 0.212. The predicted molar refractivity (Wildman–Crippen MR) is 162 cm³/mol. The van der Waals surface area contributed by atoms with Gasteiger partial charge < -0.3 is 10.6 Å². The Morgan fingerprint density at radius 3 is 2.13 bits per heavy atom. The van der Waals surface area contributed by atoms with Gasteiger partial charge in [-0.15, -0.1) is 0 Å². The summed E-state index contributed by atoms with van der Waals surface area (Å²) in [6.07, 6.45) is 4.16. The number of allylic oxidation sites excluding steroid dienone is 6. The normalized spacial score (nSPS) is 13.3. The number of nitrogens with one attached hydrogen (secondary N) is 2. The first-order chi connectivity index (χ1) is 18.2. The highest BCUT2D eigenvalue weighted by Crippen LogP contribution is 2.29. The van der Waals surface area contributed by atoms with Crippen LogP contribution >= 0.6 is 0 Å². The molecule has 3 aromatic carbocycles. The van der Waals surface area contributed by atoms with Crippen molar-refractivity contribution >= 4 is 17.5 Å². The Morgan fingerprint density at radius 1 is 0.842 bits per heavy atom. The Balaban J connectivity index is 1.74. The molecule has 0 saturated heterocycles. The molecule has 0 aromatic heterocycles. The highest BCUT2D eigenvalue weighted by molar-refractivity contribution is 5.85. The van der Waals surface area contributed by atoms with E-state index in [-0.39, 0.29) is 5.82 Å². The van der Waals surface area contributed by atoms with Crippen LogP contribution in [0.15, 0.2) is 100 Å². The third-order valence-corrected chi connectivity index (χ3v) is 6.81. The number of hydrogen-bond donors (Lipinski definition) is 2. The van der Waals surface area contributed by atoms with E-state index in [1.807, 2.05) is 19.2 Å². The number of benzene rings is 3. The lowest BCUT2D eigenvalue weighted by molar-refractivity contribution is 0.627. The topological polar surface area (TPSA) is 36.4 Å². The second kappa shape index (κ2) is 13.6. The van der Waals surface area contributed by atoms with E-state index in [0.717, 1.165) is 34.6 Å². The molecular formula is C34H40FN3. The molecule has 3 rings (SSSR count). The van der Waals surface area contributed by atoms with E-state index in [4.69, 9.17) is 0 Å². The van der Waals surface area contributed by atoms with Crippen LogP contribution in [-0.2, 0) is 13.1 Å². The van der Waals surface area contributed by atoms with Crippen LogP contribution in [0.3, 0.4) is 0 Å². The van der Waals surface area contributed by atoms with Crippen LogP contribution in [0.25, 0.3) is 5.57 Å². The van der Waals surface area contributed by atoms with Gasteiger partial charge in [-0.1, -0.05) is 48.5 Å². The molecule has 4 heteroatoms. The van der Waals surface area contributed by atoms with Crippen LogP contribution in [-0.4, -0.2) is 13.3 Å². The van der Waals surface area contributed by atoms with E-state index in [0.29, 0.717) is 6.54 Å². The van der Waals surface area contributed by atoms with Gasteiger partial charge in [0.1, 0.15) is 5.82 Å². The van der Waals surface area contributed by atoms with E-state index < -0.39 is 0 Å². The van der Waals surface area contributed by atoms with E-state index >= 15 is 0 Å². The molecule has 0 amide bonds. The van der Waals surface area contributed by atoms with Crippen LogP contribution in [0.5, 0.6) is 0 Å². The summed E-state index contributed by atoms with van der Waals surface area (Å²) in [6, 6.07) is 22.0. The SMILES string of the molecule is CN=C/C(C)=C(C)/C(C)=C(\C=C(/C)NCc1ccc(CNc2cc(C)cc(F)c2)cc1)c1ccccc1C. The van der Waals surface area contributed by atoms with Gasteiger partial charge in [0, 0.05) is 37.7 Å². The van der Waals surface area contributed by atoms with Crippen molar-refractivity contribution in [3.05, 3.63) is 129 Å². The number of hydrogen-bond acceptors (Lipinski definition) is 3. The highest BCUT2D eigenvalue weighted by Gasteiger charge is 2.10. The van der Waals surface area contributed by atoms with Gasteiger partial charge in [-0.2, -0.15) is 0 Å². The highest BCUT2D eigenvalue weighted by atomic mass is 19.1. The van der Waals surface area contributed by atoms with Gasteiger partial charge in [-0.3, -0.25) is 4.99 Å². The summed E-state index contributed by atoms with van der Waals surface area (Å²) in [4.78, 5) is 4.20. The molecule has 38 heavy (non-hydrogen) atoms. The zero-order valence-electron chi connectivity index (χ0n) is 23.7. The number of aliphatic imine (C=N–C) groups is 1. The first-order valence-electron chi connectivity index (χ1n) is 13.1. The fraction of sp³-hybridized carbons (Fsp3) is 0.265. The van der Waals surface area contributed by atoms with Gasteiger partial charge in [-0.05, 0) is 116 Å². The molecule has 0 heterocycles. The number of halogens is 1. The molecule has 0 spiro atoms. The number of anilines is 1. The molecule has 0 aliphatic carbocycles. The first kappa shape index (κ1) is 28.6. The van der Waals surface area contributed by atoms with Crippen molar-refractivity contribution in [2.75, 3.05) is 12.4 Å². The average molecular weight is 510 g/mol. The summed E-state index contributed by atoms with van der Waals surface area (Å²) in [6.45, 7) is 14.0. The molecule has 0 unspecified atom stereocenters. The van der Waals surface area contributed by atoms with Crippen LogP contribution in [0, 0.1) is 19.7 Å². The van der Waals surface area contributed by atoms with Crippen molar-refractivity contribution in [1.82, 2.24) is 5.32 Å². The fourth-order valence-corrected chi connectivity index (χ4v) is 4.38. The van der Waals surface area contributed by atoms with Gasteiger partial charge in [0.05, 0.1) is 0 Å². The lowest BCUT2D eigenvalue weighted by Gasteiger charge is -2.16. The maximum absolute atomic E-state index is 13.6. The zero-order chi connectivity index (χ0) is 27.7. The van der Waals surface area contributed by atoms with E-state index in [1.54, 1.807) is 7.05 Å². The number of aryl methyl sites for hydroxylation is 2. The second-order valence-corrected chi connectivity index (χ2v) is 9.92. The third kappa shape index (κ3) is 8.04. The standard InChI is InChI=1S/C34H40FN3/c1-23-16-31(35)19-32(17-23)38-22-30-14-12-29(13-15-30)21-37-26(4)18-34(33-11-9-8-10-24(33)2)28(6)27(5)25(3)20-36-7/h8-20,37-38H,21-22H2,1-7H3/b26-18+,27-25+,34-28+,36-20?. The minimum absolute atomic E-state index is 0.218. The van der Waals surface area contributed by atoms with Crippen LogP contribution in [0.2, 0.25) is 0 Å². The van der Waals surface area contributed by atoms with E-state index in [1.165, 1.54) is 45.5 Å². The van der Waals surface area contributed by atoms with E-state index in [9.17, 15) is 4.39 Å². The van der Waals surface area contributed by atoms with Gasteiger partial charge >= 0.3 is 0 Å². The molecule has 0 saturated carbocycles. The Kier molecular flexibility index (Phi) is 10.2. The van der Waals surface area contributed by atoms with Crippen molar-refractivity contribution in [3.63, 3.8) is 0 Å². The Bertz CT molecular complexity index is 1350. The van der Waals surface area contributed by atoms with Gasteiger partial charge in [0.15, 0.2) is 0 Å². The van der Waals surface area contributed by atoms with Crippen molar-refractivity contribution in [1.29, 1.82) is 0 Å². The molecule has 3 nitrogen and oxygen atoms in total. The second-order valence-electron chi connectivity index (χ2n) is 9.92. The lowest BCUT2D eigenvalue weighted by atomic mass is 9.91. The predicted octanol–water partition coefficient (Wildman–Crippen LogP) is 8.56. The van der Waals surface area contributed by atoms with E-state index in [2.05, 4.69) is 105 Å². The molecule has 3 aromatic rings. The van der Waals surface area contributed by atoms with Crippen LogP contribution in [0.4, 0.5) is 10.1 Å². The molecule has 0 aliphatic rings. The van der Waals surface area contributed by atoms with Crippen molar-refractivity contribution < 1.29 is 4.39 Å². The summed E-state index contributed by atoms with van der Waals surface area (Å²) in [5.74, 6) is -0.218. The summed E-state index contributed by atoms with van der Waals surface area (Å²) in [5, 5.41) is 6.89. The summed E-state index contributed by atoms with van der Waals surface area (Å²) >= 11 is 0. The van der Waals surface area contributed by atoms with Crippen molar-refractivity contribution in [3.8, 4) is 0 Å². The molecule has 0 radical (unpaired) electrons. The van der Waals surface area contributed by atoms with Crippen molar-refractivity contribution in [2.45, 2.75) is 54.6 Å². The zero-order valence-corrected chi connectivity index (χ0v) is 23.7. The summed E-state index contributed by atoms with van der Waals surface area (Å²) < 4.78 is 13.6. The maximum atomic E-state index is 13.6. The lowest BCUT2D eigenvalue weighted by Crippen LogP contribution is -2.11. The Morgan fingerprint density at radius 2 is 1.50 bits per heavy atom. The number of rotatable bonds is 10. The van der Waals surface area contributed by atoms with Gasteiger partial charge in [0.2, 0.25) is 0 Å². The minimum atomic E-state index is -0.218. The molecule has 2 N–H and O–H groups in total. The maximum Gasteiger partial charge on any atom is 0.125 e. The molecule has 0 atom stereocenters. The minimum Gasteiger partial charge on any atom is -0.384 e. The monoisotopic (exact) mass is 509 g/mol. The summed E-state index contributed by atoms with van der Waals surface area (Å²) in [7, 11) is 1.81. The van der Waals surface area contributed by atoms with Crippen LogP contribution < -0.4 is 10.6 Å². The van der Waals surface area contributed by atoms with Gasteiger partial charge in [0.25, 0.3) is 0 Å². The fourth-order valence-electron chi connectivity index (χ4n) is 4.38. The summed E-state index contributed by atoms with van der Waals surface area (Å²) in [5.41, 5.74) is 12.5. The smallest absolute Gasteiger partial charge is 0.125 e. The molecule has 0 aliphatic heterocycles. The molecule has 0 bridgehead atoms. The third-order valence-electron chi connectivity index (χ3n) is 6.81. The first-order valence-corrected chi connectivity index (χ1v) is 13.1. The average Bonchev–Trinajstić information content (AvgIpc) is 2.89. The molecule has 198 valence electrons. The number of nitrogens with zero attached hydrogens (tertiary/aromatic N) is 1. The Labute approximate surface area is 227 Å². The van der Waals surface area contributed by atoms with Gasteiger partial charge in [-0.25, -0.2) is 4.39 Å².